The molecule has 0 radical (unpaired) electrons. The molecule has 1 amide bonds. The number of nitrogens with zero attached hydrogens (tertiary/aromatic N) is 3. The Morgan fingerprint density at radius 2 is 2.00 bits per heavy atom. The molecule has 2 aliphatic rings. The number of rotatable bonds is 3. The highest BCUT2D eigenvalue weighted by molar-refractivity contribution is 5.95. The summed E-state index contributed by atoms with van der Waals surface area (Å²) in [5.41, 5.74) is 4.39. The number of carbonyl (C=O) groups excluding carboxylic acids is 1. The maximum Gasteiger partial charge on any atom is 0.254 e. The first-order valence-electron chi connectivity index (χ1n) is 9.10. The predicted octanol–water partition coefficient (Wildman–Crippen LogP) is 3.04. The van der Waals surface area contributed by atoms with E-state index in [1.54, 1.807) is 0 Å². The summed E-state index contributed by atoms with van der Waals surface area (Å²) >= 11 is 0. The van der Waals surface area contributed by atoms with Crippen molar-refractivity contribution in [1.82, 2.24) is 14.8 Å². The summed E-state index contributed by atoms with van der Waals surface area (Å²) < 4.78 is 0. The van der Waals surface area contributed by atoms with Crippen molar-refractivity contribution in [2.75, 3.05) is 19.6 Å². The van der Waals surface area contributed by atoms with E-state index < -0.39 is 0 Å². The first kappa shape index (κ1) is 16.3. The van der Waals surface area contributed by atoms with Crippen LogP contribution in [-0.4, -0.2) is 46.4 Å². The molecule has 2 aliphatic heterocycles. The average molecular weight is 335 g/mol. The molecule has 2 aromatic rings. The smallest absolute Gasteiger partial charge is 0.254 e. The molecule has 0 bridgehead atoms. The zero-order chi connectivity index (χ0) is 17.4. The van der Waals surface area contributed by atoms with Gasteiger partial charge < -0.3 is 4.90 Å². The molecule has 1 aromatic heterocycles. The highest BCUT2D eigenvalue weighted by Gasteiger charge is 2.43. The van der Waals surface area contributed by atoms with Gasteiger partial charge in [-0.3, -0.25) is 14.7 Å². The number of amides is 1. The summed E-state index contributed by atoms with van der Waals surface area (Å²) in [6.07, 6.45) is 4.86. The monoisotopic (exact) mass is 335 g/mol. The quantitative estimate of drug-likeness (QED) is 0.865. The SMILES string of the molecule is Cc1cc(C)cc(C(=O)N2CCC3CN(Cc4cccnc4)CC32)c1. The van der Waals surface area contributed by atoms with Gasteiger partial charge in [-0.25, -0.2) is 0 Å². The number of hydrogen-bond donors (Lipinski definition) is 0. The molecular formula is C21H25N3O. The van der Waals surface area contributed by atoms with E-state index in [4.69, 9.17) is 0 Å². The third-order valence-electron chi connectivity index (χ3n) is 5.48. The van der Waals surface area contributed by atoms with Crippen LogP contribution in [0.2, 0.25) is 0 Å². The number of carbonyl (C=O) groups is 1. The van der Waals surface area contributed by atoms with Crippen molar-refractivity contribution in [3.05, 3.63) is 65.0 Å². The van der Waals surface area contributed by atoms with Gasteiger partial charge in [0.15, 0.2) is 0 Å². The minimum atomic E-state index is 0.197. The zero-order valence-corrected chi connectivity index (χ0v) is 15.0. The van der Waals surface area contributed by atoms with Crippen molar-refractivity contribution in [1.29, 1.82) is 0 Å². The summed E-state index contributed by atoms with van der Waals surface area (Å²) in [6, 6.07) is 10.6. The molecule has 1 aromatic carbocycles. The minimum Gasteiger partial charge on any atom is -0.334 e. The maximum atomic E-state index is 13.1. The number of fused-ring (bicyclic) bond motifs is 1. The summed E-state index contributed by atoms with van der Waals surface area (Å²) in [5, 5.41) is 0. The number of hydrogen-bond acceptors (Lipinski definition) is 3. The van der Waals surface area contributed by atoms with Gasteiger partial charge in [0.25, 0.3) is 5.91 Å². The fourth-order valence-electron chi connectivity index (χ4n) is 4.44. The zero-order valence-electron chi connectivity index (χ0n) is 15.0. The molecule has 4 nitrogen and oxygen atoms in total. The van der Waals surface area contributed by atoms with Gasteiger partial charge in [-0.1, -0.05) is 23.3 Å². The lowest BCUT2D eigenvalue weighted by molar-refractivity contribution is 0.0726. The molecule has 2 fully saturated rings. The highest BCUT2D eigenvalue weighted by atomic mass is 16.2. The van der Waals surface area contributed by atoms with Crippen molar-refractivity contribution < 1.29 is 4.79 Å². The van der Waals surface area contributed by atoms with E-state index >= 15 is 0 Å². The molecule has 130 valence electrons. The molecular weight excluding hydrogens is 310 g/mol. The van der Waals surface area contributed by atoms with Crippen molar-refractivity contribution >= 4 is 5.91 Å². The highest BCUT2D eigenvalue weighted by Crippen LogP contribution is 2.33. The predicted molar refractivity (Wildman–Crippen MR) is 98.4 cm³/mol. The van der Waals surface area contributed by atoms with Gasteiger partial charge in [0.05, 0.1) is 0 Å². The van der Waals surface area contributed by atoms with Crippen LogP contribution in [0.4, 0.5) is 0 Å². The molecule has 2 saturated heterocycles. The van der Waals surface area contributed by atoms with Crippen LogP contribution in [-0.2, 0) is 6.54 Å². The number of pyridine rings is 1. The molecule has 0 N–H and O–H groups in total. The van der Waals surface area contributed by atoms with Crippen LogP contribution >= 0.6 is 0 Å². The Morgan fingerprint density at radius 3 is 2.72 bits per heavy atom. The number of likely N-dealkylation sites (tertiary alicyclic amines) is 2. The number of benzene rings is 1. The molecule has 0 spiro atoms. The summed E-state index contributed by atoms with van der Waals surface area (Å²) in [6.45, 7) is 7.98. The number of aryl methyl sites for hydroxylation is 2. The molecule has 2 atom stereocenters. The third kappa shape index (κ3) is 3.31. The summed E-state index contributed by atoms with van der Waals surface area (Å²) in [7, 11) is 0. The summed E-state index contributed by atoms with van der Waals surface area (Å²) in [5.74, 6) is 0.800. The van der Waals surface area contributed by atoms with Gasteiger partial charge in [-0.05, 0) is 49.9 Å². The Hall–Kier alpha value is -2.20. The second kappa shape index (κ2) is 6.60. The fourth-order valence-corrected chi connectivity index (χ4v) is 4.44. The molecule has 0 aliphatic carbocycles. The van der Waals surface area contributed by atoms with E-state index in [0.717, 1.165) is 49.3 Å². The molecule has 3 heterocycles. The van der Waals surface area contributed by atoms with Gasteiger partial charge in [0.1, 0.15) is 0 Å². The van der Waals surface area contributed by atoms with Crippen molar-refractivity contribution in [2.45, 2.75) is 32.9 Å². The second-order valence-corrected chi connectivity index (χ2v) is 7.55. The first-order valence-corrected chi connectivity index (χ1v) is 9.10. The van der Waals surface area contributed by atoms with E-state index in [1.165, 1.54) is 5.56 Å². The van der Waals surface area contributed by atoms with Crippen molar-refractivity contribution in [3.63, 3.8) is 0 Å². The normalized spacial score (nSPS) is 23.0. The van der Waals surface area contributed by atoms with Gasteiger partial charge in [0.2, 0.25) is 0 Å². The fraction of sp³-hybridized carbons (Fsp3) is 0.429. The van der Waals surface area contributed by atoms with E-state index in [9.17, 15) is 4.79 Å². The average Bonchev–Trinajstić information content (AvgIpc) is 3.14. The second-order valence-electron chi connectivity index (χ2n) is 7.55. The Labute approximate surface area is 149 Å². The van der Waals surface area contributed by atoms with Crippen LogP contribution < -0.4 is 0 Å². The summed E-state index contributed by atoms with van der Waals surface area (Å²) in [4.78, 5) is 21.8. The standard InChI is InChI=1S/C21H25N3O/c1-15-8-16(2)10-19(9-15)21(25)24-7-5-18-13-23(14-20(18)24)12-17-4-3-6-22-11-17/h3-4,6,8-11,18,20H,5,7,12-14H2,1-2H3. The molecule has 4 rings (SSSR count). The third-order valence-corrected chi connectivity index (χ3v) is 5.48. The van der Waals surface area contributed by atoms with Crippen molar-refractivity contribution in [2.24, 2.45) is 5.92 Å². The molecule has 4 heteroatoms. The maximum absolute atomic E-state index is 13.1. The molecule has 25 heavy (non-hydrogen) atoms. The number of aromatic nitrogens is 1. The minimum absolute atomic E-state index is 0.197. The lowest BCUT2D eigenvalue weighted by atomic mass is 10.0. The van der Waals surface area contributed by atoms with Crippen LogP contribution in [0.25, 0.3) is 0 Å². The molecule has 2 unspecified atom stereocenters. The van der Waals surface area contributed by atoms with Gasteiger partial charge >= 0.3 is 0 Å². The van der Waals surface area contributed by atoms with Crippen LogP contribution in [0.15, 0.2) is 42.7 Å². The Bertz CT molecular complexity index is 754. The van der Waals surface area contributed by atoms with E-state index in [-0.39, 0.29) is 5.91 Å². The lowest BCUT2D eigenvalue weighted by Gasteiger charge is -2.25. The Balaban J connectivity index is 1.47. The largest absolute Gasteiger partial charge is 0.334 e. The first-order chi connectivity index (χ1) is 12.1. The van der Waals surface area contributed by atoms with Crippen molar-refractivity contribution in [3.8, 4) is 0 Å². The lowest BCUT2D eigenvalue weighted by Crippen LogP contribution is -2.39. The van der Waals surface area contributed by atoms with E-state index in [1.807, 2.05) is 30.6 Å². The van der Waals surface area contributed by atoms with Crippen LogP contribution in [0.1, 0.15) is 33.5 Å². The van der Waals surface area contributed by atoms with Gasteiger partial charge in [-0.15, -0.1) is 0 Å². The van der Waals surface area contributed by atoms with E-state index in [2.05, 4.69) is 40.8 Å². The Morgan fingerprint density at radius 1 is 1.20 bits per heavy atom. The topological polar surface area (TPSA) is 36.4 Å². The van der Waals surface area contributed by atoms with Crippen LogP contribution in [0.5, 0.6) is 0 Å². The molecule has 0 saturated carbocycles. The van der Waals surface area contributed by atoms with Crippen LogP contribution in [0, 0.1) is 19.8 Å². The Kier molecular flexibility index (Phi) is 4.30. The van der Waals surface area contributed by atoms with E-state index in [0.29, 0.717) is 12.0 Å². The van der Waals surface area contributed by atoms with Gasteiger partial charge in [-0.2, -0.15) is 0 Å². The van der Waals surface area contributed by atoms with Gasteiger partial charge in [0, 0.05) is 50.2 Å². The van der Waals surface area contributed by atoms with Crippen LogP contribution in [0.3, 0.4) is 0 Å².